The van der Waals surface area contributed by atoms with Crippen molar-refractivity contribution in [2.75, 3.05) is 52.9 Å². The fourth-order valence-corrected chi connectivity index (χ4v) is 6.53. The van der Waals surface area contributed by atoms with E-state index in [1.54, 1.807) is 50.2 Å². The number of para-hydroxylation sites is 1. The highest BCUT2D eigenvalue weighted by Crippen LogP contribution is 2.33. The van der Waals surface area contributed by atoms with Crippen molar-refractivity contribution in [3.05, 3.63) is 59.3 Å². The Morgan fingerprint density at radius 1 is 1.02 bits per heavy atom. The number of nitrogens with zero attached hydrogens (tertiary/aromatic N) is 3. The van der Waals surface area contributed by atoms with Gasteiger partial charge in [0, 0.05) is 69.7 Å². The number of halogens is 1. The maximum Gasteiger partial charge on any atom is 0.417 e. The molecule has 4 rings (SSSR count). The van der Waals surface area contributed by atoms with Crippen molar-refractivity contribution in [1.82, 2.24) is 20.1 Å². The first kappa shape index (κ1) is 43.2. The van der Waals surface area contributed by atoms with Crippen LogP contribution in [0.2, 0.25) is 0 Å². The molecule has 0 radical (unpaired) electrons. The molecule has 16 heteroatoms. The molecule has 1 saturated heterocycles. The highest BCUT2D eigenvalue weighted by molar-refractivity contribution is 7.81. The lowest BCUT2D eigenvalue weighted by molar-refractivity contribution is -0.127. The summed E-state index contributed by atoms with van der Waals surface area (Å²) >= 11 is 5.85. The van der Waals surface area contributed by atoms with E-state index in [9.17, 15) is 18.8 Å². The zero-order valence-electron chi connectivity index (χ0n) is 33.2. The minimum atomic E-state index is -0.885. The molecule has 2 unspecified atom stereocenters. The van der Waals surface area contributed by atoms with Crippen LogP contribution in [-0.2, 0) is 30.3 Å². The van der Waals surface area contributed by atoms with Gasteiger partial charge in [0.2, 0.25) is 0 Å². The summed E-state index contributed by atoms with van der Waals surface area (Å²) in [4.78, 5) is 47.4. The third-order valence-corrected chi connectivity index (χ3v) is 9.13. The molecule has 2 aliphatic rings. The average molecular weight is 788 g/mol. The summed E-state index contributed by atoms with van der Waals surface area (Å²) in [5.74, 6) is -1.30. The summed E-state index contributed by atoms with van der Waals surface area (Å²) in [5, 5.41) is 6.42. The first-order chi connectivity index (χ1) is 25.9. The molecular weight excluding hydrogens is 734 g/mol. The SMILES string of the molecule is COc1c(F)cccc1NC(=S)C1=C(NCc2ccncc2OCC2CCN(C(=O)OC(C)(C)C)C2)C(CCC(OC)OC)CN(C(=O)OC(C)(C)C)C1=O. The van der Waals surface area contributed by atoms with Crippen LogP contribution < -0.4 is 20.1 Å². The molecule has 2 aliphatic heterocycles. The summed E-state index contributed by atoms with van der Waals surface area (Å²) in [6.45, 7) is 12.2. The van der Waals surface area contributed by atoms with Gasteiger partial charge in [-0.3, -0.25) is 9.78 Å². The quantitative estimate of drug-likeness (QED) is 0.160. The predicted octanol–water partition coefficient (Wildman–Crippen LogP) is 6.44. The smallest absolute Gasteiger partial charge is 0.417 e. The van der Waals surface area contributed by atoms with Gasteiger partial charge < -0.3 is 44.0 Å². The Kier molecular flexibility index (Phi) is 14.8. The normalized spacial score (nSPS) is 17.7. The number of methoxy groups -OCH3 is 3. The molecule has 2 N–H and O–H groups in total. The predicted molar refractivity (Wildman–Crippen MR) is 207 cm³/mol. The van der Waals surface area contributed by atoms with E-state index in [1.165, 1.54) is 33.5 Å². The van der Waals surface area contributed by atoms with Crippen molar-refractivity contribution in [1.29, 1.82) is 0 Å². The minimum Gasteiger partial charge on any atom is -0.492 e. The van der Waals surface area contributed by atoms with Crippen LogP contribution in [0.4, 0.5) is 19.7 Å². The molecule has 302 valence electrons. The average Bonchev–Trinajstić information content (AvgIpc) is 3.59. The van der Waals surface area contributed by atoms with Crippen LogP contribution in [0, 0.1) is 17.7 Å². The van der Waals surface area contributed by atoms with Gasteiger partial charge in [0.1, 0.15) is 21.9 Å². The number of hydrogen-bond acceptors (Lipinski definition) is 12. The summed E-state index contributed by atoms with van der Waals surface area (Å²) in [5.41, 5.74) is -0.0871. The zero-order chi connectivity index (χ0) is 40.5. The molecule has 14 nitrogen and oxygen atoms in total. The number of carbonyl (C=O) groups excluding carboxylic acids is 3. The van der Waals surface area contributed by atoms with Crippen LogP contribution in [0.15, 0.2) is 47.9 Å². The van der Waals surface area contributed by atoms with E-state index >= 15 is 0 Å². The first-order valence-electron chi connectivity index (χ1n) is 18.2. The van der Waals surface area contributed by atoms with Gasteiger partial charge >= 0.3 is 12.2 Å². The number of benzene rings is 1. The topological polar surface area (TPSA) is 150 Å². The molecule has 3 amide bonds. The molecule has 1 aromatic heterocycles. The number of aromatic nitrogens is 1. The highest BCUT2D eigenvalue weighted by Gasteiger charge is 2.41. The molecule has 55 heavy (non-hydrogen) atoms. The summed E-state index contributed by atoms with van der Waals surface area (Å²) in [7, 11) is 4.39. The number of thiocarbonyl (C=S) groups is 1. The molecule has 0 spiro atoms. The Labute approximate surface area is 328 Å². The number of anilines is 1. The van der Waals surface area contributed by atoms with Crippen LogP contribution in [0.3, 0.4) is 0 Å². The largest absolute Gasteiger partial charge is 0.492 e. The molecule has 0 aliphatic carbocycles. The van der Waals surface area contributed by atoms with Crippen molar-refractivity contribution < 1.29 is 47.2 Å². The van der Waals surface area contributed by atoms with E-state index in [0.717, 1.165) is 16.9 Å². The van der Waals surface area contributed by atoms with Crippen LogP contribution in [0.1, 0.15) is 66.4 Å². The van der Waals surface area contributed by atoms with Crippen molar-refractivity contribution in [2.45, 2.75) is 84.8 Å². The number of nitrogens with one attached hydrogen (secondary N) is 2. The van der Waals surface area contributed by atoms with Crippen LogP contribution in [-0.4, -0.2) is 103 Å². The van der Waals surface area contributed by atoms with E-state index < -0.39 is 41.2 Å². The number of imide groups is 1. The van der Waals surface area contributed by atoms with Gasteiger partial charge in [-0.2, -0.15) is 0 Å². The maximum absolute atomic E-state index is 14.7. The van der Waals surface area contributed by atoms with Crippen LogP contribution >= 0.6 is 12.2 Å². The summed E-state index contributed by atoms with van der Waals surface area (Å²) in [6.07, 6.45) is 3.09. The lowest BCUT2D eigenvalue weighted by Crippen LogP contribution is -2.51. The number of ether oxygens (including phenoxy) is 6. The second kappa shape index (κ2) is 18.9. The van der Waals surface area contributed by atoms with Gasteiger partial charge in [0.05, 0.1) is 31.2 Å². The molecule has 2 atom stereocenters. The monoisotopic (exact) mass is 787 g/mol. The highest BCUT2D eigenvalue weighted by atomic mass is 32.1. The summed E-state index contributed by atoms with van der Waals surface area (Å²) < 4.78 is 48.4. The Morgan fingerprint density at radius 3 is 2.36 bits per heavy atom. The number of amides is 3. The van der Waals surface area contributed by atoms with Gasteiger partial charge in [-0.1, -0.05) is 18.3 Å². The number of rotatable bonds is 14. The lowest BCUT2D eigenvalue weighted by atomic mass is 9.90. The number of pyridine rings is 1. The van der Waals surface area contributed by atoms with Crippen molar-refractivity contribution in [2.24, 2.45) is 11.8 Å². The van der Waals surface area contributed by atoms with E-state index in [0.29, 0.717) is 44.0 Å². The fraction of sp³-hybridized carbons (Fsp3) is 0.564. The molecule has 1 aromatic carbocycles. The molecular formula is C39H54FN5O9S. The van der Waals surface area contributed by atoms with Gasteiger partial charge in [-0.25, -0.2) is 18.9 Å². The Hall–Kier alpha value is -4.54. The molecule has 3 heterocycles. The van der Waals surface area contributed by atoms with E-state index in [2.05, 4.69) is 15.6 Å². The standard InChI is InChI=1S/C39H54FN5O9S/c1-38(2,3)53-36(47)44-18-16-24(21-44)23-52-29-20-41-17-15-25(29)19-42-32-26(13-14-30(49-7)50-8)22-45(37(48)54-39(4,5)6)35(46)31(32)34(55)43-28-12-10-11-27(40)33(28)51-9/h10-12,15,17,20,24,26,30,42H,13-14,16,18-19,21-23H2,1-9H3,(H,43,55). The van der Waals surface area contributed by atoms with Gasteiger partial charge in [-0.15, -0.1) is 0 Å². The van der Waals surface area contributed by atoms with Crippen LogP contribution in [0.25, 0.3) is 0 Å². The second-order valence-corrected chi connectivity index (χ2v) is 15.8. The molecule has 0 bridgehead atoms. The minimum absolute atomic E-state index is 0.000443. The van der Waals surface area contributed by atoms with Gasteiger partial charge in [0.15, 0.2) is 17.9 Å². The number of hydrogen-bond donors (Lipinski definition) is 2. The maximum atomic E-state index is 14.7. The van der Waals surface area contributed by atoms with Crippen molar-refractivity contribution in [3.63, 3.8) is 0 Å². The molecule has 2 aromatic rings. The van der Waals surface area contributed by atoms with Gasteiger partial charge in [-0.05, 0) is 79.0 Å². The zero-order valence-corrected chi connectivity index (χ0v) is 34.0. The van der Waals surface area contributed by atoms with Gasteiger partial charge in [0.25, 0.3) is 5.91 Å². The van der Waals surface area contributed by atoms with E-state index in [4.69, 9.17) is 40.6 Å². The first-order valence-corrected chi connectivity index (χ1v) is 18.6. The Balaban J connectivity index is 1.66. The van der Waals surface area contributed by atoms with E-state index in [-0.39, 0.29) is 47.1 Å². The number of likely N-dealkylation sites (tertiary alicyclic amines) is 1. The van der Waals surface area contributed by atoms with Crippen LogP contribution in [0.5, 0.6) is 11.5 Å². The summed E-state index contributed by atoms with van der Waals surface area (Å²) in [6, 6.07) is 6.09. The number of carbonyl (C=O) groups is 3. The Bertz CT molecular complexity index is 1720. The fourth-order valence-electron chi connectivity index (χ4n) is 6.22. The van der Waals surface area contributed by atoms with Crippen molar-refractivity contribution >= 4 is 41.0 Å². The van der Waals surface area contributed by atoms with E-state index in [1.807, 2.05) is 20.8 Å². The third-order valence-electron chi connectivity index (χ3n) is 8.83. The van der Waals surface area contributed by atoms with Crippen molar-refractivity contribution in [3.8, 4) is 11.5 Å². The lowest BCUT2D eigenvalue weighted by Gasteiger charge is -2.37. The Morgan fingerprint density at radius 2 is 1.71 bits per heavy atom. The second-order valence-electron chi connectivity index (χ2n) is 15.4. The third kappa shape index (κ3) is 12.0. The molecule has 1 fully saturated rings. The molecule has 0 saturated carbocycles.